The summed E-state index contributed by atoms with van der Waals surface area (Å²) < 4.78 is 13.4. The summed E-state index contributed by atoms with van der Waals surface area (Å²) in [5.74, 6) is 1.35. The van der Waals surface area contributed by atoms with Crippen molar-refractivity contribution in [3.8, 4) is 0 Å². The van der Waals surface area contributed by atoms with E-state index in [1.165, 1.54) is 46.4 Å². The lowest BCUT2D eigenvalue weighted by Crippen LogP contribution is -2.21. The first-order chi connectivity index (χ1) is 11.3. The highest BCUT2D eigenvalue weighted by molar-refractivity contribution is 7.94. The van der Waals surface area contributed by atoms with Gasteiger partial charge in [-0.15, -0.1) is 0 Å². The summed E-state index contributed by atoms with van der Waals surface area (Å²) in [5.41, 5.74) is 3.62. The number of aromatic nitrogens is 1. The Hall–Kier alpha value is -1.39. The molecule has 0 radical (unpaired) electrons. The summed E-state index contributed by atoms with van der Waals surface area (Å²) in [6.45, 7) is 1.16. The van der Waals surface area contributed by atoms with E-state index < -0.39 is 0 Å². The van der Waals surface area contributed by atoms with Crippen LogP contribution in [0.2, 0.25) is 1.41 Å². The van der Waals surface area contributed by atoms with Gasteiger partial charge < -0.3 is 14.5 Å². The number of hydrogen-bond acceptors (Lipinski definition) is 3. The van der Waals surface area contributed by atoms with Crippen LogP contribution in [-0.2, 0) is 10.6 Å². The third-order valence-electron chi connectivity index (χ3n) is 4.76. The Labute approximate surface area is 137 Å². The molecule has 1 fully saturated rings. The van der Waals surface area contributed by atoms with Gasteiger partial charge in [-0.3, -0.25) is 0 Å². The predicted octanol–water partition coefficient (Wildman–Crippen LogP) is 4.13. The zero-order valence-electron chi connectivity index (χ0n) is 13.6. The van der Waals surface area contributed by atoms with Crippen molar-refractivity contribution >= 4 is 22.9 Å². The molecule has 1 aromatic heterocycles. The molecule has 22 heavy (non-hydrogen) atoms. The Balaban J connectivity index is 1.61. The number of aromatic amines is 1. The number of benzene rings is 1. The maximum atomic E-state index is 8.15. The molecule has 2 aliphatic heterocycles. The molecule has 116 valence electrons. The van der Waals surface area contributed by atoms with E-state index in [9.17, 15) is 0 Å². The van der Waals surface area contributed by atoms with Crippen LogP contribution >= 0.6 is 12.0 Å². The minimum absolute atomic E-state index is 0.400. The molecule has 1 aromatic carbocycles. The second-order valence-corrected chi connectivity index (χ2v) is 6.97. The zero-order chi connectivity index (χ0) is 15.6. The summed E-state index contributed by atoms with van der Waals surface area (Å²) in [6.07, 6.45) is 10.7. The van der Waals surface area contributed by atoms with Gasteiger partial charge in [0, 0.05) is 34.8 Å². The van der Waals surface area contributed by atoms with Crippen molar-refractivity contribution in [1.29, 1.82) is 0 Å². The van der Waals surface area contributed by atoms with E-state index in [0.717, 1.165) is 30.7 Å². The molecule has 2 atom stereocenters. The summed E-state index contributed by atoms with van der Waals surface area (Å²) in [6, 6.07) is 7.16. The molecule has 0 saturated carbocycles. The van der Waals surface area contributed by atoms with E-state index in [2.05, 4.69) is 29.6 Å². The lowest BCUT2D eigenvalue weighted by Gasteiger charge is -2.16. The molecule has 4 heteroatoms. The molecule has 4 rings (SSSR count). The topological polar surface area (TPSA) is 37.0 Å². The van der Waals surface area contributed by atoms with Gasteiger partial charge in [0.05, 0.1) is 18.3 Å². The van der Waals surface area contributed by atoms with Crippen molar-refractivity contribution in [2.75, 3.05) is 12.3 Å². The second kappa shape index (κ2) is 6.39. The Bertz CT molecular complexity index is 721. The Kier molecular flexibility index (Phi) is 3.80. The first-order valence-corrected chi connectivity index (χ1v) is 9.04. The van der Waals surface area contributed by atoms with Crippen LogP contribution in [0.25, 0.3) is 10.9 Å². The van der Waals surface area contributed by atoms with Crippen LogP contribution in [0, 0.1) is 0 Å². The third-order valence-corrected chi connectivity index (χ3v) is 5.50. The summed E-state index contributed by atoms with van der Waals surface area (Å²) >= 11 is 1.50. The first-order valence-electron chi connectivity index (χ1n) is 8.57. The van der Waals surface area contributed by atoms with Gasteiger partial charge in [-0.1, -0.05) is 6.07 Å². The van der Waals surface area contributed by atoms with E-state index in [1.54, 1.807) is 6.26 Å². The number of aryl methyl sites for hydroxylation is 1. The Morgan fingerprint density at radius 1 is 1.41 bits per heavy atom. The standard InChI is InChI=1S/C18H22N2OS/c1-2-16(19-8-1)5-3-14-11-20-18-6-4-13(10-17(14)18)15-7-9-21-22-12-15/h4,6-7,9-11,15-16,19-20H,1-3,5,8,12H2/i/hD. The largest absolute Gasteiger partial charge is 0.434 e. The van der Waals surface area contributed by atoms with Gasteiger partial charge in [0.25, 0.3) is 0 Å². The van der Waals surface area contributed by atoms with Crippen molar-refractivity contribution in [2.24, 2.45) is 0 Å². The predicted molar refractivity (Wildman–Crippen MR) is 93.1 cm³/mol. The van der Waals surface area contributed by atoms with Crippen LogP contribution in [-0.4, -0.2) is 23.3 Å². The highest BCUT2D eigenvalue weighted by Gasteiger charge is 2.16. The van der Waals surface area contributed by atoms with Gasteiger partial charge in [0.2, 0.25) is 0 Å². The molecule has 2 aliphatic rings. The molecular formula is C18H22N2OS. The van der Waals surface area contributed by atoms with Crippen LogP contribution < -0.4 is 5.32 Å². The molecule has 2 N–H and O–H groups in total. The van der Waals surface area contributed by atoms with Crippen molar-refractivity contribution in [3.63, 3.8) is 0 Å². The minimum atomic E-state index is 0.400. The van der Waals surface area contributed by atoms with E-state index >= 15 is 0 Å². The fourth-order valence-electron chi connectivity index (χ4n) is 3.44. The fourth-order valence-corrected chi connectivity index (χ4v) is 4.12. The number of hydrogen-bond donors (Lipinski definition) is 2. The maximum absolute atomic E-state index is 8.15. The average Bonchev–Trinajstić information content (AvgIpc) is 3.22. The summed E-state index contributed by atoms with van der Waals surface area (Å²) in [7, 11) is 0. The second-order valence-electron chi connectivity index (χ2n) is 6.21. The van der Waals surface area contributed by atoms with Crippen LogP contribution in [0.4, 0.5) is 0 Å². The first kappa shape index (κ1) is 13.1. The molecular weight excluding hydrogens is 292 g/mol. The van der Waals surface area contributed by atoms with Crippen molar-refractivity contribution in [1.82, 2.24) is 10.3 Å². The molecule has 2 aromatic rings. The van der Waals surface area contributed by atoms with Crippen LogP contribution in [0.1, 0.15) is 36.3 Å². The quantitative estimate of drug-likeness (QED) is 0.833. The maximum Gasteiger partial charge on any atom is 0.166 e. The summed E-state index contributed by atoms with van der Waals surface area (Å²) in [5, 5.41) is 4.80. The van der Waals surface area contributed by atoms with Gasteiger partial charge in [-0.25, -0.2) is 0 Å². The Morgan fingerprint density at radius 3 is 3.23 bits per heavy atom. The number of fused-ring (bicyclic) bond motifs is 1. The zero-order valence-corrected chi connectivity index (χ0v) is 13.4. The molecule has 0 bridgehead atoms. The molecule has 0 amide bonds. The third kappa shape index (κ3) is 2.90. The van der Waals surface area contributed by atoms with Gasteiger partial charge in [0.1, 0.15) is 0 Å². The molecule has 0 aliphatic carbocycles. The van der Waals surface area contributed by atoms with Gasteiger partial charge in [-0.05, 0) is 61.6 Å². The highest BCUT2D eigenvalue weighted by Crippen LogP contribution is 2.30. The van der Waals surface area contributed by atoms with Crippen molar-refractivity contribution in [3.05, 3.63) is 47.9 Å². The smallest absolute Gasteiger partial charge is 0.166 e. The minimum Gasteiger partial charge on any atom is -0.434 e. The highest BCUT2D eigenvalue weighted by atomic mass is 32.2. The average molecular weight is 315 g/mol. The molecule has 0 spiro atoms. The van der Waals surface area contributed by atoms with Crippen LogP contribution in [0.5, 0.6) is 0 Å². The van der Waals surface area contributed by atoms with Crippen LogP contribution in [0.15, 0.2) is 36.7 Å². The fraction of sp³-hybridized carbons (Fsp3) is 0.444. The monoisotopic (exact) mass is 315 g/mol. The van der Waals surface area contributed by atoms with E-state index in [-0.39, 0.29) is 0 Å². The molecule has 3 nitrogen and oxygen atoms in total. The van der Waals surface area contributed by atoms with E-state index in [0.29, 0.717) is 12.0 Å². The number of nitrogens with one attached hydrogen (secondary N) is 2. The Morgan fingerprint density at radius 2 is 2.41 bits per heavy atom. The van der Waals surface area contributed by atoms with Crippen molar-refractivity contribution < 1.29 is 5.59 Å². The van der Waals surface area contributed by atoms with Gasteiger partial charge >= 0.3 is 0 Å². The number of rotatable bonds is 4. The molecule has 2 unspecified atom stereocenters. The van der Waals surface area contributed by atoms with E-state index in [1.807, 2.05) is 6.20 Å². The van der Waals surface area contributed by atoms with Gasteiger partial charge in [0.15, 0.2) is 1.41 Å². The number of allylic oxidation sites excluding steroid dienone is 1. The number of H-pyrrole nitrogens is 1. The molecule has 1 saturated heterocycles. The van der Waals surface area contributed by atoms with E-state index in [4.69, 9.17) is 5.59 Å². The van der Waals surface area contributed by atoms with Crippen molar-refractivity contribution in [2.45, 2.75) is 37.6 Å². The van der Waals surface area contributed by atoms with Gasteiger partial charge in [-0.2, -0.15) is 0 Å². The van der Waals surface area contributed by atoms with Crippen LogP contribution in [0.3, 0.4) is 0 Å². The SMILES string of the molecule is [2H]n1cc(CCC2CCCN2)c2cc(C3C=COSC3)ccc21. The lowest BCUT2D eigenvalue weighted by atomic mass is 9.97. The normalized spacial score (nSPS) is 25.4. The lowest BCUT2D eigenvalue weighted by molar-refractivity contribution is 0.546. The molecule has 3 heterocycles. The summed E-state index contributed by atoms with van der Waals surface area (Å²) in [4.78, 5) is 1.52.